The second-order valence-electron chi connectivity index (χ2n) is 8.93. The number of aryl methyl sites for hydroxylation is 1. The van der Waals surface area contributed by atoms with Gasteiger partial charge in [0.15, 0.2) is 0 Å². The van der Waals surface area contributed by atoms with Crippen LogP contribution in [0.25, 0.3) is 11.8 Å². The van der Waals surface area contributed by atoms with Crippen molar-refractivity contribution in [1.29, 1.82) is 0 Å². The van der Waals surface area contributed by atoms with E-state index in [0.717, 1.165) is 32.2 Å². The number of aromatic nitrogens is 2. The smallest absolute Gasteiger partial charge is 0.240 e. The van der Waals surface area contributed by atoms with E-state index in [-0.39, 0.29) is 12.0 Å². The number of carbonyl (C=O) groups is 1. The first-order chi connectivity index (χ1) is 15.5. The zero-order valence-corrected chi connectivity index (χ0v) is 20.4. The molecule has 0 unspecified atom stereocenters. The molecule has 33 heavy (non-hydrogen) atoms. The second kappa shape index (κ2) is 9.72. The number of carbonyl (C=O) groups excluding carboxylic acids is 1. The zero-order chi connectivity index (χ0) is 24.2. The molecule has 0 aliphatic heterocycles. The van der Waals surface area contributed by atoms with Gasteiger partial charge in [-0.25, -0.2) is 13.1 Å². The monoisotopic (exact) mass is 466 g/mol. The fraction of sp³-hybridized carbons (Fsp3) is 0.280. The summed E-state index contributed by atoms with van der Waals surface area (Å²) >= 11 is 0. The van der Waals surface area contributed by atoms with E-state index < -0.39 is 15.9 Å². The van der Waals surface area contributed by atoms with Crippen LogP contribution in [0.4, 0.5) is 5.82 Å². The van der Waals surface area contributed by atoms with Crippen LogP contribution >= 0.6 is 0 Å². The summed E-state index contributed by atoms with van der Waals surface area (Å²) in [6, 6.07) is 18.7. The third kappa shape index (κ3) is 6.18. The molecule has 0 fully saturated rings. The zero-order valence-electron chi connectivity index (χ0n) is 19.6. The molecule has 2 aromatic carbocycles. The average molecular weight is 467 g/mol. The lowest BCUT2D eigenvalue weighted by molar-refractivity contribution is -0.116. The van der Waals surface area contributed by atoms with Crippen LogP contribution in [0, 0.1) is 6.92 Å². The van der Waals surface area contributed by atoms with Crippen molar-refractivity contribution >= 4 is 27.8 Å². The molecule has 0 aliphatic carbocycles. The number of hydrogen-bond acceptors (Lipinski definition) is 4. The average Bonchev–Trinajstić information content (AvgIpc) is 3.17. The van der Waals surface area contributed by atoms with E-state index in [9.17, 15) is 13.2 Å². The van der Waals surface area contributed by atoms with Gasteiger partial charge in [-0.2, -0.15) is 9.40 Å². The first-order valence-corrected chi connectivity index (χ1v) is 12.1. The number of para-hydroxylation sites is 1. The lowest BCUT2D eigenvalue weighted by Crippen LogP contribution is -2.34. The van der Waals surface area contributed by atoms with Crippen LogP contribution in [0.5, 0.6) is 0 Å². The lowest BCUT2D eigenvalue weighted by atomic mass is 9.92. The van der Waals surface area contributed by atoms with Crippen molar-refractivity contribution in [3.05, 3.63) is 82.9 Å². The lowest BCUT2D eigenvalue weighted by Gasteiger charge is -2.15. The predicted molar refractivity (Wildman–Crippen MR) is 133 cm³/mol. The van der Waals surface area contributed by atoms with Crippen molar-refractivity contribution in [2.75, 3.05) is 18.9 Å². The maximum absolute atomic E-state index is 12.8. The van der Waals surface area contributed by atoms with Gasteiger partial charge in [0.25, 0.3) is 0 Å². The highest BCUT2D eigenvalue weighted by Gasteiger charge is 2.23. The SMILES string of the molecule is Cc1ccccc1-n1nc(C(C)(C)C)cc1NC(=O)CN(C)S(=O)(=O)/C=C/c1ccccc1. The van der Waals surface area contributed by atoms with Crippen LogP contribution in [0.1, 0.15) is 37.6 Å². The van der Waals surface area contributed by atoms with E-state index in [2.05, 4.69) is 5.32 Å². The van der Waals surface area contributed by atoms with E-state index in [4.69, 9.17) is 5.10 Å². The Bertz CT molecular complexity index is 1260. The molecule has 174 valence electrons. The summed E-state index contributed by atoms with van der Waals surface area (Å²) < 4.78 is 27.9. The molecule has 1 amide bonds. The third-order valence-electron chi connectivity index (χ3n) is 5.12. The fourth-order valence-corrected chi connectivity index (χ4v) is 3.96. The number of anilines is 1. The Labute approximate surface area is 195 Å². The molecule has 3 rings (SSSR count). The topological polar surface area (TPSA) is 84.3 Å². The van der Waals surface area contributed by atoms with E-state index in [0.29, 0.717) is 5.82 Å². The van der Waals surface area contributed by atoms with Crippen molar-refractivity contribution in [2.45, 2.75) is 33.1 Å². The second-order valence-corrected chi connectivity index (χ2v) is 10.9. The Balaban J connectivity index is 1.80. The third-order valence-corrected chi connectivity index (χ3v) is 6.60. The maximum Gasteiger partial charge on any atom is 0.240 e. The first kappa shape index (κ1) is 24.4. The number of likely N-dealkylation sites (N-methyl/N-ethyl adjacent to an activating group) is 1. The Morgan fingerprint density at radius 2 is 1.73 bits per heavy atom. The summed E-state index contributed by atoms with van der Waals surface area (Å²) in [7, 11) is -2.38. The van der Waals surface area contributed by atoms with Crippen LogP contribution in [-0.2, 0) is 20.2 Å². The number of amides is 1. The van der Waals surface area contributed by atoms with E-state index in [1.54, 1.807) is 16.8 Å². The van der Waals surface area contributed by atoms with Crippen molar-refractivity contribution in [1.82, 2.24) is 14.1 Å². The normalized spacial score (nSPS) is 12.4. The molecule has 0 saturated carbocycles. The van der Waals surface area contributed by atoms with Gasteiger partial charge in [0.1, 0.15) is 5.82 Å². The highest BCUT2D eigenvalue weighted by Crippen LogP contribution is 2.27. The summed E-state index contributed by atoms with van der Waals surface area (Å²) in [6.07, 6.45) is 1.51. The van der Waals surface area contributed by atoms with E-state index in [1.165, 1.54) is 13.1 Å². The Morgan fingerprint density at radius 1 is 1.09 bits per heavy atom. The molecule has 8 heteroatoms. The summed E-state index contributed by atoms with van der Waals surface area (Å²) in [5.74, 6) is 0.0363. The number of hydrogen-bond donors (Lipinski definition) is 1. The largest absolute Gasteiger partial charge is 0.309 e. The van der Waals surface area contributed by atoms with Crippen molar-refractivity contribution in [3.8, 4) is 5.69 Å². The number of benzene rings is 2. The van der Waals surface area contributed by atoms with E-state index in [1.807, 2.05) is 76.2 Å². The molecule has 0 atom stereocenters. The van der Waals surface area contributed by atoms with Crippen LogP contribution in [0.2, 0.25) is 0 Å². The van der Waals surface area contributed by atoms with Crippen LogP contribution in [-0.4, -0.2) is 42.0 Å². The molecule has 0 aliphatic rings. The number of nitrogens with zero attached hydrogens (tertiary/aromatic N) is 3. The van der Waals surface area contributed by atoms with Gasteiger partial charge in [-0.05, 0) is 30.2 Å². The van der Waals surface area contributed by atoms with Gasteiger partial charge >= 0.3 is 0 Å². The van der Waals surface area contributed by atoms with E-state index >= 15 is 0 Å². The summed E-state index contributed by atoms with van der Waals surface area (Å²) in [6.45, 7) is 7.78. The molecule has 0 spiro atoms. The minimum Gasteiger partial charge on any atom is -0.309 e. The predicted octanol–water partition coefficient (Wildman–Crippen LogP) is 4.35. The molecule has 3 aromatic rings. The maximum atomic E-state index is 12.8. The van der Waals surface area contributed by atoms with Crippen LogP contribution in [0.15, 0.2) is 66.1 Å². The molecule has 1 heterocycles. The van der Waals surface area contributed by atoms with Crippen LogP contribution < -0.4 is 5.32 Å². The minimum absolute atomic E-state index is 0.226. The molecule has 1 aromatic heterocycles. The standard InChI is InChI=1S/C25H30N4O3S/c1-19-11-9-10-14-21(19)29-23(17-22(27-29)25(2,3)4)26-24(30)18-28(5)33(31,32)16-15-20-12-7-6-8-13-20/h6-17H,18H2,1-5H3,(H,26,30)/b16-15+. The molecule has 0 bridgehead atoms. The molecule has 0 saturated heterocycles. The summed E-state index contributed by atoms with van der Waals surface area (Å²) in [5, 5.41) is 8.65. The molecular formula is C25H30N4O3S. The summed E-state index contributed by atoms with van der Waals surface area (Å²) in [5.41, 5.74) is 3.19. The van der Waals surface area contributed by atoms with Gasteiger partial charge in [0.2, 0.25) is 15.9 Å². The first-order valence-electron chi connectivity index (χ1n) is 10.6. The van der Waals surface area contributed by atoms with Crippen LogP contribution in [0.3, 0.4) is 0 Å². The van der Waals surface area contributed by atoms with Gasteiger partial charge in [-0.15, -0.1) is 0 Å². The minimum atomic E-state index is -3.76. The quantitative estimate of drug-likeness (QED) is 0.561. The van der Waals surface area contributed by atoms with Gasteiger partial charge in [-0.3, -0.25) is 4.79 Å². The Kier molecular flexibility index (Phi) is 7.19. The summed E-state index contributed by atoms with van der Waals surface area (Å²) in [4.78, 5) is 12.8. The molecule has 7 nitrogen and oxygen atoms in total. The van der Waals surface area contributed by atoms with Crippen molar-refractivity contribution in [3.63, 3.8) is 0 Å². The highest BCUT2D eigenvalue weighted by atomic mass is 32.2. The number of rotatable bonds is 7. The fourth-order valence-electron chi connectivity index (χ4n) is 3.13. The number of sulfonamides is 1. The van der Waals surface area contributed by atoms with Gasteiger partial charge in [0.05, 0.1) is 17.9 Å². The number of nitrogens with one attached hydrogen (secondary N) is 1. The van der Waals surface area contributed by atoms with Crippen molar-refractivity contribution in [2.24, 2.45) is 0 Å². The van der Waals surface area contributed by atoms with Crippen molar-refractivity contribution < 1.29 is 13.2 Å². The highest BCUT2D eigenvalue weighted by molar-refractivity contribution is 7.92. The Morgan fingerprint density at radius 3 is 2.36 bits per heavy atom. The van der Waals surface area contributed by atoms with Gasteiger partial charge in [-0.1, -0.05) is 69.3 Å². The molecule has 1 N–H and O–H groups in total. The molecule has 0 radical (unpaired) electrons. The van der Waals surface area contributed by atoms with Gasteiger partial charge < -0.3 is 5.32 Å². The van der Waals surface area contributed by atoms with Gasteiger partial charge in [0, 0.05) is 23.9 Å². The molecular weight excluding hydrogens is 436 g/mol. The Hall–Kier alpha value is -3.23.